The zero-order chi connectivity index (χ0) is 12.8. The quantitative estimate of drug-likeness (QED) is 0.869. The Kier molecular flexibility index (Phi) is 2.85. The number of nitrogens with zero attached hydrogens (tertiary/aromatic N) is 2. The smallest absolute Gasteiger partial charge is 0.0547 e. The Bertz CT molecular complexity index is 389. The standard InChI is InChI=1S/C14H25N3/c1-10(11-7-8-16-17(11)6)15-9-12-13(2,3)14(12,4)5/h7-8,10,12,15H,9H2,1-6H3. The van der Waals surface area contributed by atoms with Gasteiger partial charge in [0.25, 0.3) is 0 Å². The highest BCUT2D eigenvalue weighted by atomic mass is 15.3. The average Bonchev–Trinajstić information content (AvgIpc) is 2.55. The molecule has 0 aliphatic heterocycles. The molecule has 3 heteroatoms. The molecule has 1 aliphatic carbocycles. The van der Waals surface area contributed by atoms with E-state index in [1.165, 1.54) is 5.69 Å². The van der Waals surface area contributed by atoms with E-state index >= 15 is 0 Å². The molecule has 1 atom stereocenters. The molecule has 1 aromatic rings. The van der Waals surface area contributed by atoms with Crippen LogP contribution in [0.25, 0.3) is 0 Å². The van der Waals surface area contributed by atoms with E-state index in [1.54, 1.807) is 0 Å². The molecule has 1 heterocycles. The molecule has 1 aromatic heterocycles. The Morgan fingerprint density at radius 3 is 2.35 bits per heavy atom. The van der Waals surface area contributed by atoms with Gasteiger partial charge in [-0.1, -0.05) is 27.7 Å². The van der Waals surface area contributed by atoms with E-state index in [-0.39, 0.29) is 0 Å². The first kappa shape index (κ1) is 12.6. The van der Waals surface area contributed by atoms with Crippen molar-refractivity contribution < 1.29 is 0 Å². The lowest BCUT2D eigenvalue weighted by Gasteiger charge is -2.15. The summed E-state index contributed by atoms with van der Waals surface area (Å²) in [4.78, 5) is 0. The van der Waals surface area contributed by atoms with E-state index in [2.05, 4.69) is 51.1 Å². The van der Waals surface area contributed by atoms with Crippen LogP contribution in [0.2, 0.25) is 0 Å². The highest BCUT2D eigenvalue weighted by Crippen LogP contribution is 2.68. The third-order valence-electron chi connectivity index (χ3n) is 5.25. The van der Waals surface area contributed by atoms with Crippen LogP contribution in [0.1, 0.15) is 46.4 Å². The van der Waals surface area contributed by atoms with Gasteiger partial charge in [0.2, 0.25) is 0 Å². The molecule has 1 N–H and O–H groups in total. The zero-order valence-electron chi connectivity index (χ0n) is 11.9. The number of aromatic nitrogens is 2. The minimum Gasteiger partial charge on any atom is -0.309 e. The van der Waals surface area contributed by atoms with Gasteiger partial charge in [-0.25, -0.2) is 0 Å². The Morgan fingerprint density at radius 1 is 1.35 bits per heavy atom. The fourth-order valence-electron chi connectivity index (χ4n) is 3.05. The molecule has 1 unspecified atom stereocenters. The maximum atomic E-state index is 4.21. The van der Waals surface area contributed by atoms with Gasteiger partial charge in [0.15, 0.2) is 0 Å². The molecule has 0 radical (unpaired) electrons. The minimum absolute atomic E-state index is 0.370. The summed E-state index contributed by atoms with van der Waals surface area (Å²) < 4.78 is 1.95. The summed E-state index contributed by atoms with van der Waals surface area (Å²) in [5.41, 5.74) is 2.18. The third-order valence-corrected chi connectivity index (χ3v) is 5.25. The zero-order valence-corrected chi connectivity index (χ0v) is 11.9. The first-order chi connectivity index (χ1) is 7.78. The Balaban J connectivity index is 1.91. The molecular formula is C14H25N3. The number of rotatable bonds is 4. The van der Waals surface area contributed by atoms with E-state index in [9.17, 15) is 0 Å². The summed E-state index contributed by atoms with van der Waals surface area (Å²) in [7, 11) is 2.00. The van der Waals surface area contributed by atoms with Gasteiger partial charge < -0.3 is 5.32 Å². The van der Waals surface area contributed by atoms with Crippen LogP contribution < -0.4 is 5.32 Å². The van der Waals surface area contributed by atoms with Crippen molar-refractivity contribution in [3.63, 3.8) is 0 Å². The molecule has 0 saturated heterocycles. The van der Waals surface area contributed by atoms with Gasteiger partial charge >= 0.3 is 0 Å². The third kappa shape index (κ3) is 1.90. The summed E-state index contributed by atoms with van der Waals surface area (Å²) in [6.07, 6.45) is 1.86. The lowest BCUT2D eigenvalue weighted by molar-refractivity contribution is 0.457. The van der Waals surface area contributed by atoms with Gasteiger partial charge in [0.05, 0.1) is 5.69 Å². The monoisotopic (exact) mass is 235 g/mol. The maximum Gasteiger partial charge on any atom is 0.0547 e. The van der Waals surface area contributed by atoms with Crippen LogP contribution >= 0.6 is 0 Å². The number of hydrogen-bond donors (Lipinski definition) is 1. The van der Waals surface area contributed by atoms with Gasteiger partial charge in [0, 0.05) is 19.3 Å². The molecule has 96 valence electrons. The molecule has 1 aliphatic rings. The maximum absolute atomic E-state index is 4.21. The van der Waals surface area contributed by atoms with E-state index in [0.29, 0.717) is 16.9 Å². The summed E-state index contributed by atoms with van der Waals surface area (Å²) in [6, 6.07) is 2.45. The fraction of sp³-hybridized carbons (Fsp3) is 0.786. The van der Waals surface area contributed by atoms with Crippen molar-refractivity contribution in [3.05, 3.63) is 18.0 Å². The topological polar surface area (TPSA) is 29.9 Å². The highest BCUT2D eigenvalue weighted by Gasteiger charge is 2.63. The van der Waals surface area contributed by atoms with Gasteiger partial charge in [-0.3, -0.25) is 4.68 Å². The Labute approximate surface area is 105 Å². The molecule has 2 rings (SSSR count). The predicted octanol–water partition coefficient (Wildman–Crippen LogP) is 2.75. The summed E-state index contributed by atoms with van der Waals surface area (Å²) in [6.45, 7) is 12.8. The summed E-state index contributed by atoms with van der Waals surface area (Å²) in [5.74, 6) is 0.769. The molecule has 0 spiro atoms. The summed E-state index contributed by atoms with van der Waals surface area (Å²) >= 11 is 0. The van der Waals surface area contributed by atoms with Gasteiger partial charge in [-0.2, -0.15) is 5.10 Å². The van der Waals surface area contributed by atoms with Gasteiger partial charge in [0.1, 0.15) is 0 Å². The van der Waals surface area contributed by atoms with E-state index in [0.717, 1.165) is 12.5 Å². The average molecular weight is 235 g/mol. The van der Waals surface area contributed by atoms with Crippen LogP contribution in [-0.2, 0) is 7.05 Å². The fourth-order valence-corrected chi connectivity index (χ4v) is 3.05. The van der Waals surface area contributed by atoms with Crippen LogP contribution in [0.15, 0.2) is 12.3 Å². The van der Waals surface area contributed by atoms with Crippen molar-refractivity contribution in [2.75, 3.05) is 6.54 Å². The van der Waals surface area contributed by atoms with Crippen molar-refractivity contribution >= 4 is 0 Å². The normalized spacial score (nSPS) is 23.6. The lowest BCUT2D eigenvalue weighted by Crippen LogP contribution is -2.24. The van der Waals surface area contributed by atoms with Crippen LogP contribution in [0.4, 0.5) is 0 Å². The lowest BCUT2D eigenvalue weighted by atomic mass is 10.0. The number of nitrogens with one attached hydrogen (secondary N) is 1. The molecule has 17 heavy (non-hydrogen) atoms. The molecule has 0 amide bonds. The number of hydrogen-bond acceptors (Lipinski definition) is 2. The van der Waals surface area contributed by atoms with Crippen molar-refractivity contribution in [1.82, 2.24) is 15.1 Å². The molecule has 0 bridgehead atoms. The van der Waals surface area contributed by atoms with Crippen LogP contribution in [-0.4, -0.2) is 16.3 Å². The van der Waals surface area contributed by atoms with Crippen LogP contribution in [0.5, 0.6) is 0 Å². The second-order valence-electron chi connectivity index (χ2n) is 6.51. The van der Waals surface area contributed by atoms with Crippen molar-refractivity contribution in [2.24, 2.45) is 23.8 Å². The second-order valence-corrected chi connectivity index (χ2v) is 6.51. The first-order valence-corrected chi connectivity index (χ1v) is 6.49. The number of aryl methyl sites for hydroxylation is 1. The van der Waals surface area contributed by atoms with Gasteiger partial charge in [-0.05, 0) is 36.3 Å². The second kappa shape index (κ2) is 3.84. The molecular weight excluding hydrogens is 210 g/mol. The SMILES string of the molecule is CC(NCC1C(C)(C)C1(C)C)c1ccnn1C. The van der Waals surface area contributed by atoms with E-state index in [1.807, 2.05) is 17.9 Å². The molecule has 1 saturated carbocycles. The first-order valence-electron chi connectivity index (χ1n) is 6.49. The van der Waals surface area contributed by atoms with Gasteiger partial charge in [-0.15, -0.1) is 0 Å². The van der Waals surface area contributed by atoms with Crippen LogP contribution in [0, 0.1) is 16.7 Å². The predicted molar refractivity (Wildman–Crippen MR) is 70.7 cm³/mol. The Hall–Kier alpha value is -0.830. The Morgan fingerprint density at radius 2 is 1.94 bits per heavy atom. The summed E-state index contributed by atoms with van der Waals surface area (Å²) in [5, 5.41) is 7.85. The van der Waals surface area contributed by atoms with E-state index < -0.39 is 0 Å². The molecule has 3 nitrogen and oxygen atoms in total. The van der Waals surface area contributed by atoms with Crippen molar-refractivity contribution in [3.8, 4) is 0 Å². The molecule has 0 aromatic carbocycles. The largest absolute Gasteiger partial charge is 0.309 e. The highest BCUT2D eigenvalue weighted by molar-refractivity contribution is 5.14. The minimum atomic E-state index is 0.370. The van der Waals surface area contributed by atoms with Crippen molar-refractivity contribution in [1.29, 1.82) is 0 Å². The molecule has 1 fully saturated rings. The van der Waals surface area contributed by atoms with Crippen molar-refractivity contribution in [2.45, 2.75) is 40.7 Å². The van der Waals surface area contributed by atoms with Crippen LogP contribution in [0.3, 0.4) is 0 Å². The van der Waals surface area contributed by atoms with E-state index in [4.69, 9.17) is 0 Å².